The lowest BCUT2D eigenvalue weighted by molar-refractivity contribution is -0.125. The van der Waals surface area contributed by atoms with E-state index in [1.165, 1.54) is 6.42 Å². The Morgan fingerprint density at radius 1 is 1.03 bits per heavy atom. The number of hydrogen-bond donors (Lipinski definition) is 1. The molecule has 2 unspecified atom stereocenters. The number of carbonyl (C=O) groups excluding carboxylic acids is 2. The number of nitrogens with zero attached hydrogens (tertiary/aromatic N) is 1. The van der Waals surface area contributed by atoms with Gasteiger partial charge in [0.05, 0.1) is 18.6 Å². The molecule has 1 aliphatic carbocycles. The molecule has 5 nitrogen and oxygen atoms in total. The molecule has 1 aliphatic heterocycles. The lowest BCUT2D eigenvalue weighted by Gasteiger charge is -2.42. The van der Waals surface area contributed by atoms with E-state index < -0.39 is 5.92 Å². The van der Waals surface area contributed by atoms with E-state index in [2.05, 4.69) is 5.32 Å². The van der Waals surface area contributed by atoms with Crippen molar-refractivity contribution in [2.75, 3.05) is 20.3 Å². The molecular weight excluding hydrogens is 376 g/mol. The molecule has 0 bridgehead atoms. The number of ether oxygens (including phenoxy) is 1. The molecule has 2 aromatic rings. The Balaban J connectivity index is 1.76. The van der Waals surface area contributed by atoms with Gasteiger partial charge in [0.1, 0.15) is 0 Å². The van der Waals surface area contributed by atoms with E-state index in [9.17, 15) is 9.59 Å². The van der Waals surface area contributed by atoms with Crippen molar-refractivity contribution < 1.29 is 14.3 Å². The van der Waals surface area contributed by atoms with Crippen LogP contribution in [0.2, 0.25) is 0 Å². The van der Waals surface area contributed by atoms with E-state index in [4.69, 9.17) is 4.74 Å². The van der Waals surface area contributed by atoms with Crippen LogP contribution >= 0.6 is 0 Å². The van der Waals surface area contributed by atoms with Gasteiger partial charge in [-0.2, -0.15) is 0 Å². The van der Waals surface area contributed by atoms with Crippen LogP contribution in [0.15, 0.2) is 54.6 Å². The van der Waals surface area contributed by atoms with Crippen molar-refractivity contribution in [2.45, 2.75) is 50.1 Å². The van der Waals surface area contributed by atoms with Crippen molar-refractivity contribution in [1.82, 2.24) is 10.2 Å². The zero-order valence-corrected chi connectivity index (χ0v) is 17.5. The van der Waals surface area contributed by atoms with Crippen LogP contribution in [0.3, 0.4) is 0 Å². The third-order valence-corrected chi connectivity index (χ3v) is 6.35. The number of methoxy groups -OCH3 is 1. The van der Waals surface area contributed by atoms with Gasteiger partial charge in [-0.1, -0.05) is 67.8 Å². The van der Waals surface area contributed by atoms with E-state index in [1.807, 2.05) is 59.5 Å². The van der Waals surface area contributed by atoms with Crippen LogP contribution in [0.1, 0.15) is 65.5 Å². The van der Waals surface area contributed by atoms with E-state index in [1.54, 1.807) is 7.11 Å². The summed E-state index contributed by atoms with van der Waals surface area (Å²) in [6.07, 6.45) is 5.62. The summed E-state index contributed by atoms with van der Waals surface area (Å²) in [5.41, 5.74) is 2.41. The predicted molar refractivity (Wildman–Crippen MR) is 116 cm³/mol. The van der Waals surface area contributed by atoms with Crippen LogP contribution < -0.4 is 5.32 Å². The van der Waals surface area contributed by atoms with Crippen LogP contribution in [-0.4, -0.2) is 43.0 Å². The average Bonchev–Trinajstić information content (AvgIpc) is 2.79. The van der Waals surface area contributed by atoms with Crippen molar-refractivity contribution in [2.24, 2.45) is 0 Å². The fourth-order valence-corrected chi connectivity index (χ4v) is 4.87. The van der Waals surface area contributed by atoms with Gasteiger partial charge in [0, 0.05) is 25.3 Å². The molecule has 30 heavy (non-hydrogen) atoms. The summed E-state index contributed by atoms with van der Waals surface area (Å²) in [7, 11) is 1.63. The quantitative estimate of drug-likeness (QED) is 0.787. The van der Waals surface area contributed by atoms with Crippen LogP contribution in [0.4, 0.5) is 0 Å². The summed E-state index contributed by atoms with van der Waals surface area (Å²) in [6.45, 7) is 0.866. The van der Waals surface area contributed by atoms with Gasteiger partial charge in [-0.15, -0.1) is 0 Å². The predicted octanol–water partition coefficient (Wildman–Crippen LogP) is 4.06. The highest BCUT2D eigenvalue weighted by atomic mass is 16.5. The number of fused-ring (bicyclic) bond motifs is 1. The van der Waals surface area contributed by atoms with Gasteiger partial charge in [0.25, 0.3) is 5.91 Å². The Kier molecular flexibility index (Phi) is 6.48. The molecule has 2 atom stereocenters. The Morgan fingerprint density at radius 2 is 1.73 bits per heavy atom. The largest absolute Gasteiger partial charge is 0.383 e. The maximum atomic E-state index is 13.7. The maximum Gasteiger partial charge on any atom is 0.254 e. The molecule has 0 radical (unpaired) electrons. The summed E-state index contributed by atoms with van der Waals surface area (Å²) in [4.78, 5) is 28.9. The van der Waals surface area contributed by atoms with E-state index in [0.29, 0.717) is 18.7 Å². The molecule has 0 saturated heterocycles. The monoisotopic (exact) mass is 406 g/mol. The first-order chi connectivity index (χ1) is 14.7. The summed E-state index contributed by atoms with van der Waals surface area (Å²) >= 11 is 0. The zero-order chi connectivity index (χ0) is 20.9. The van der Waals surface area contributed by atoms with Crippen LogP contribution in [-0.2, 0) is 9.53 Å². The molecule has 0 spiro atoms. The number of hydrogen-bond acceptors (Lipinski definition) is 3. The number of benzene rings is 2. The smallest absolute Gasteiger partial charge is 0.254 e. The zero-order valence-electron chi connectivity index (χ0n) is 17.5. The molecular formula is C25H30N2O3. The van der Waals surface area contributed by atoms with Gasteiger partial charge < -0.3 is 15.0 Å². The van der Waals surface area contributed by atoms with Crippen molar-refractivity contribution in [1.29, 1.82) is 0 Å². The van der Waals surface area contributed by atoms with Crippen molar-refractivity contribution in [3.63, 3.8) is 0 Å². The topological polar surface area (TPSA) is 58.6 Å². The van der Waals surface area contributed by atoms with Gasteiger partial charge in [-0.3, -0.25) is 9.59 Å². The standard InChI is InChI=1S/C25H30N2O3/c1-30-17-16-27-23(18-10-4-2-5-11-18)22(20-14-8-9-15-21(20)25(27)29)24(28)26-19-12-6-3-7-13-19/h2,4-5,8-11,14-15,19,22-23H,3,6-7,12-13,16-17H2,1H3,(H,26,28). The fourth-order valence-electron chi connectivity index (χ4n) is 4.87. The number of rotatable bonds is 6. The second kappa shape index (κ2) is 9.43. The van der Waals surface area contributed by atoms with E-state index in [-0.39, 0.29) is 23.9 Å². The summed E-state index contributed by atoms with van der Waals surface area (Å²) in [6, 6.07) is 17.3. The first-order valence-corrected chi connectivity index (χ1v) is 10.9. The summed E-state index contributed by atoms with van der Waals surface area (Å²) in [5.74, 6) is -0.476. The van der Waals surface area contributed by atoms with Crippen molar-refractivity contribution in [3.05, 3.63) is 71.3 Å². The molecule has 158 valence electrons. The average molecular weight is 407 g/mol. The number of amides is 2. The fraction of sp³-hybridized carbons (Fsp3) is 0.440. The van der Waals surface area contributed by atoms with Crippen LogP contribution in [0.25, 0.3) is 0 Å². The molecule has 2 amide bonds. The third kappa shape index (κ3) is 4.12. The van der Waals surface area contributed by atoms with Crippen LogP contribution in [0.5, 0.6) is 0 Å². The third-order valence-electron chi connectivity index (χ3n) is 6.35. The highest BCUT2D eigenvalue weighted by Crippen LogP contribution is 2.42. The van der Waals surface area contributed by atoms with E-state index >= 15 is 0 Å². The Hall–Kier alpha value is -2.66. The minimum atomic E-state index is -0.444. The van der Waals surface area contributed by atoms with Gasteiger partial charge in [-0.05, 0) is 30.0 Å². The summed E-state index contributed by atoms with van der Waals surface area (Å²) < 4.78 is 5.29. The summed E-state index contributed by atoms with van der Waals surface area (Å²) in [5, 5.41) is 3.31. The van der Waals surface area contributed by atoms with Crippen molar-refractivity contribution in [3.8, 4) is 0 Å². The molecule has 1 heterocycles. The molecule has 2 aliphatic rings. The number of carbonyl (C=O) groups is 2. The second-order valence-electron chi connectivity index (χ2n) is 8.26. The molecule has 1 saturated carbocycles. The van der Waals surface area contributed by atoms with E-state index in [0.717, 1.165) is 36.8 Å². The van der Waals surface area contributed by atoms with Gasteiger partial charge in [0.2, 0.25) is 5.91 Å². The number of nitrogens with one attached hydrogen (secondary N) is 1. The molecule has 1 N–H and O–H groups in total. The molecule has 0 aromatic heterocycles. The molecule has 5 heteroatoms. The highest BCUT2D eigenvalue weighted by Gasteiger charge is 2.44. The Labute approximate surface area is 178 Å². The highest BCUT2D eigenvalue weighted by molar-refractivity contribution is 6.01. The first-order valence-electron chi connectivity index (χ1n) is 10.9. The Bertz CT molecular complexity index is 877. The van der Waals surface area contributed by atoms with Gasteiger partial charge >= 0.3 is 0 Å². The lowest BCUT2D eigenvalue weighted by Crippen LogP contribution is -2.50. The molecule has 4 rings (SSSR count). The maximum absolute atomic E-state index is 13.7. The SMILES string of the molecule is COCCN1C(=O)c2ccccc2C(C(=O)NC2CCCCC2)C1c1ccccc1. The minimum Gasteiger partial charge on any atom is -0.383 e. The van der Waals surface area contributed by atoms with Crippen LogP contribution in [0, 0.1) is 0 Å². The lowest BCUT2D eigenvalue weighted by atomic mass is 9.78. The van der Waals surface area contributed by atoms with Gasteiger partial charge in [-0.25, -0.2) is 0 Å². The van der Waals surface area contributed by atoms with Crippen molar-refractivity contribution >= 4 is 11.8 Å². The first kappa shape index (κ1) is 20.6. The molecule has 2 aromatic carbocycles. The Morgan fingerprint density at radius 3 is 2.47 bits per heavy atom. The minimum absolute atomic E-state index is 0.0121. The molecule has 1 fully saturated rings. The van der Waals surface area contributed by atoms with Gasteiger partial charge in [0.15, 0.2) is 0 Å². The second-order valence-corrected chi connectivity index (χ2v) is 8.26. The normalized spacial score (nSPS) is 21.9.